The van der Waals surface area contributed by atoms with Gasteiger partial charge in [0.25, 0.3) is 0 Å². The zero-order chi connectivity index (χ0) is 14.5. The standard InChI is InChI=1S/C14H17NO5/c1-18-13(16)15(20-14(17)19-2)12(11-8-9-11)10-6-4-3-5-7-10/h3-7,11-12H,8-9H2,1-2H3. The number of carbonyl (C=O) groups is 2. The molecule has 1 aliphatic carbocycles. The summed E-state index contributed by atoms with van der Waals surface area (Å²) in [5.74, 6) is 0.251. The van der Waals surface area contributed by atoms with Gasteiger partial charge in [0.15, 0.2) is 0 Å². The highest BCUT2D eigenvalue weighted by molar-refractivity contribution is 5.70. The van der Waals surface area contributed by atoms with Gasteiger partial charge in [0.2, 0.25) is 0 Å². The van der Waals surface area contributed by atoms with Crippen LogP contribution in [0.3, 0.4) is 0 Å². The zero-order valence-electron chi connectivity index (χ0n) is 11.4. The molecule has 0 aliphatic heterocycles. The first kappa shape index (κ1) is 14.2. The molecular weight excluding hydrogens is 262 g/mol. The Labute approximate surface area is 117 Å². The molecule has 20 heavy (non-hydrogen) atoms. The number of ether oxygens (including phenoxy) is 2. The molecule has 0 radical (unpaired) electrons. The molecule has 1 saturated carbocycles. The maximum atomic E-state index is 11.9. The molecule has 0 heterocycles. The van der Waals surface area contributed by atoms with Gasteiger partial charge >= 0.3 is 12.2 Å². The third-order valence-corrected chi connectivity index (χ3v) is 3.16. The number of rotatable bonds is 3. The van der Waals surface area contributed by atoms with E-state index in [-0.39, 0.29) is 12.0 Å². The Morgan fingerprint density at radius 2 is 1.80 bits per heavy atom. The predicted octanol–water partition coefficient (Wildman–Crippen LogP) is 2.90. The second-order valence-electron chi connectivity index (χ2n) is 4.53. The fraction of sp³-hybridized carbons (Fsp3) is 0.429. The molecule has 0 saturated heterocycles. The molecule has 0 bridgehead atoms. The van der Waals surface area contributed by atoms with E-state index in [2.05, 4.69) is 4.74 Å². The van der Waals surface area contributed by atoms with Crippen LogP contribution in [0.1, 0.15) is 24.4 Å². The van der Waals surface area contributed by atoms with Crippen LogP contribution < -0.4 is 0 Å². The van der Waals surface area contributed by atoms with E-state index >= 15 is 0 Å². The lowest BCUT2D eigenvalue weighted by Gasteiger charge is -2.28. The minimum atomic E-state index is -0.947. The summed E-state index contributed by atoms with van der Waals surface area (Å²) in [6, 6.07) is 9.05. The van der Waals surface area contributed by atoms with Crippen molar-refractivity contribution in [3.05, 3.63) is 35.9 Å². The molecule has 1 fully saturated rings. The lowest BCUT2D eigenvalue weighted by molar-refractivity contribution is -0.134. The number of hydroxylamine groups is 2. The molecule has 6 heteroatoms. The van der Waals surface area contributed by atoms with Crippen LogP contribution in [-0.4, -0.2) is 31.5 Å². The lowest BCUT2D eigenvalue weighted by atomic mass is 10.0. The van der Waals surface area contributed by atoms with Gasteiger partial charge in [-0.1, -0.05) is 30.3 Å². The Hall–Kier alpha value is -2.24. The number of carbonyl (C=O) groups excluding carboxylic acids is 2. The highest BCUT2D eigenvalue weighted by atomic mass is 16.8. The van der Waals surface area contributed by atoms with E-state index in [0.717, 1.165) is 23.5 Å². The number of hydrogen-bond acceptors (Lipinski definition) is 5. The number of benzene rings is 1. The van der Waals surface area contributed by atoms with Crippen molar-refractivity contribution in [2.45, 2.75) is 18.9 Å². The van der Waals surface area contributed by atoms with Gasteiger partial charge in [-0.05, 0) is 24.3 Å². The van der Waals surface area contributed by atoms with Gasteiger partial charge in [0.1, 0.15) is 6.04 Å². The average molecular weight is 279 g/mol. The van der Waals surface area contributed by atoms with Crippen LogP contribution in [0.4, 0.5) is 9.59 Å². The third kappa shape index (κ3) is 3.20. The first-order valence-electron chi connectivity index (χ1n) is 6.35. The molecule has 0 aromatic heterocycles. The van der Waals surface area contributed by atoms with E-state index in [1.165, 1.54) is 14.2 Å². The smallest absolute Gasteiger partial charge is 0.451 e. The molecular formula is C14H17NO5. The van der Waals surface area contributed by atoms with Gasteiger partial charge in [0.05, 0.1) is 14.2 Å². The second kappa shape index (κ2) is 6.27. The average Bonchev–Trinajstić information content (AvgIpc) is 3.31. The van der Waals surface area contributed by atoms with Crippen molar-refractivity contribution in [1.29, 1.82) is 0 Å². The summed E-state index contributed by atoms with van der Waals surface area (Å²) in [6.45, 7) is 0. The van der Waals surface area contributed by atoms with Crippen molar-refractivity contribution in [3.8, 4) is 0 Å². The van der Waals surface area contributed by atoms with Crippen LogP contribution in [0.15, 0.2) is 30.3 Å². The van der Waals surface area contributed by atoms with Crippen molar-refractivity contribution in [3.63, 3.8) is 0 Å². The fourth-order valence-corrected chi connectivity index (χ4v) is 2.08. The molecule has 1 aromatic rings. The lowest BCUT2D eigenvalue weighted by Crippen LogP contribution is -2.38. The summed E-state index contributed by atoms with van der Waals surface area (Å²) >= 11 is 0. The zero-order valence-corrected chi connectivity index (χ0v) is 11.4. The molecule has 108 valence electrons. The van der Waals surface area contributed by atoms with Gasteiger partial charge in [0, 0.05) is 0 Å². The highest BCUT2D eigenvalue weighted by Crippen LogP contribution is 2.44. The minimum Gasteiger partial charge on any atom is -0.451 e. The van der Waals surface area contributed by atoms with Crippen LogP contribution in [-0.2, 0) is 14.3 Å². The third-order valence-electron chi connectivity index (χ3n) is 3.16. The van der Waals surface area contributed by atoms with Crippen LogP contribution in [0.25, 0.3) is 0 Å². The van der Waals surface area contributed by atoms with E-state index in [1.807, 2.05) is 30.3 Å². The van der Waals surface area contributed by atoms with Crippen molar-refractivity contribution in [2.24, 2.45) is 5.92 Å². The Kier molecular flexibility index (Phi) is 4.45. The number of nitrogens with zero attached hydrogens (tertiary/aromatic N) is 1. The van der Waals surface area contributed by atoms with Crippen LogP contribution in [0.2, 0.25) is 0 Å². The quantitative estimate of drug-likeness (QED) is 0.628. The molecule has 0 spiro atoms. The van der Waals surface area contributed by atoms with E-state index in [1.54, 1.807) is 0 Å². The topological polar surface area (TPSA) is 65.1 Å². The first-order valence-corrected chi connectivity index (χ1v) is 6.35. The summed E-state index contributed by atoms with van der Waals surface area (Å²) < 4.78 is 9.14. The van der Waals surface area contributed by atoms with Gasteiger partial charge in [-0.25, -0.2) is 9.59 Å². The van der Waals surface area contributed by atoms with E-state index in [4.69, 9.17) is 9.57 Å². The van der Waals surface area contributed by atoms with E-state index < -0.39 is 12.2 Å². The SMILES string of the molecule is COC(=O)ON(C(=O)OC)C(c1ccccc1)C1CC1. The van der Waals surface area contributed by atoms with Gasteiger partial charge in [-0.2, -0.15) is 0 Å². The van der Waals surface area contributed by atoms with Gasteiger partial charge < -0.3 is 9.47 Å². The molecule has 6 nitrogen and oxygen atoms in total. The van der Waals surface area contributed by atoms with Crippen LogP contribution in [0.5, 0.6) is 0 Å². The second-order valence-corrected chi connectivity index (χ2v) is 4.53. The monoisotopic (exact) mass is 279 g/mol. The number of methoxy groups -OCH3 is 2. The first-order chi connectivity index (χ1) is 9.67. The van der Waals surface area contributed by atoms with Crippen LogP contribution >= 0.6 is 0 Å². The summed E-state index contributed by atoms with van der Waals surface area (Å²) in [5.41, 5.74) is 0.893. The summed E-state index contributed by atoms with van der Waals surface area (Å²) in [4.78, 5) is 28.2. The molecule has 1 aliphatic rings. The summed E-state index contributed by atoms with van der Waals surface area (Å²) in [7, 11) is 2.43. The summed E-state index contributed by atoms with van der Waals surface area (Å²) in [5, 5.41) is 0.957. The highest BCUT2D eigenvalue weighted by Gasteiger charge is 2.41. The van der Waals surface area contributed by atoms with Crippen molar-refractivity contribution in [2.75, 3.05) is 14.2 Å². The van der Waals surface area contributed by atoms with Gasteiger partial charge in [-0.3, -0.25) is 4.84 Å². The fourth-order valence-electron chi connectivity index (χ4n) is 2.08. The predicted molar refractivity (Wildman–Crippen MR) is 69.6 cm³/mol. The Morgan fingerprint density at radius 1 is 1.15 bits per heavy atom. The minimum absolute atomic E-state index is 0.251. The maximum absolute atomic E-state index is 11.9. The van der Waals surface area contributed by atoms with Crippen molar-refractivity contribution >= 4 is 12.2 Å². The summed E-state index contributed by atoms with van der Waals surface area (Å²) in [6.07, 6.45) is 0.267. The van der Waals surface area contributed by atoms with Gasteiger partial charge in [-0.15, -0.1) is 5.06 Å². The molecule has 1 amide bonds. The Balaban J connectivity index is 2.27. The van der Waals surface area contributed by atoms with Crippen molar-refractivity contribution in [1.82, 2.24) is 5.06 Å². The Bertz CT molecular complexity index is 472. The van der Waals surface area contributed by atoms with E-state index in [0.29, 0.717) is 0 Å². The molecule has 1 unspecified atom stereocenters. The normalized spacial score (nSPS) is 15.1. The number of hydrogen-bond donors (Lipinski definition) is 0. The molecule has 1 aromatic carbocycles. The van der Waals surface area contributed by atoms with Crippen LogP contribution in [0, 0.1) is 5.92 Å². The maximum Gasteiger partial charge on any atom is 0.533 e. The number of amides is 1. The molecule has 0 N–H and O–H groups in total. The molecule has 2 rings (SSSR count). The van der Waals surface area contributed by atoms with Crippen molar-refractivity contribution < 1.29 is 23.9 Å². The largest absolute Gasteiger partial charge is 0.533 e. The molecule has 1 atom stereocenters. The Morgan fingerprint density at radius 3 is 2.30 bits per heavy atom. The van der Waals surface area contributed by atoms with E-state index in [9.17, 15) is 9.59 Å².